The number of hydrogen-bond donors (Lipinski definition) is 1. The summed E-state index contributed by atoms with van der Waals surface area (Å²) in [7, 11) is 0. The second-order valence-electron chi connectivity index (χ2n) is 7.12. The molecule has 0 bridgehead atoms. The number of benzene rings is 1. The third-order valence-electron chi connectivity index (χ3n) is 5.11. The largest absolute Gasteiger partial charge is 0.360 e. The highest BCUT2D eigenvalue weighted by Gasteiger charge is 2.38. The first-order valence-electron chi connectivity index (χ1n) is 9.47. The zero-order valence-corrected chi connectivity index (χ0v) is 15.7. The third-order valence-corrected chi connectivity index (χ3v) is 5.11. The molecule has 7 heteroatoms. The van der Waals surface area contributed by atoms with Crippen molar-refractivity contribution in [3.8, 4) is 0 Å². The van der Waals surface area contributed by atoms with Gasteiger partial charge in [-0.2, -0.15) is 0 Å². The van der Waals surface area contributed by atoms with E-state index in [0.29, 0.717) is 17.9 Å². The molecular formula is C21H21N3O4. The minimum atomic E-state index is -0.504. The first-order valence-corrected chi connectivity index (χ1v) is 9.47. The van der Waals surface area contributed by atoms with Crippen LogP contribution in [0.25, 0.3) is 0 Å². The van der Waals surface area contributed by atoms with Gasteiger partial charge in [-0.05, 0) is 57.2 Å². The summed E-state index contributed by atoms with van der Waals surface area (Å²) in [6, 6.07) is 6.07. The fourth-order valence-electron chi connectivity index (χ4n) is 3.62. The van der Waals surface area contributed by atoms with Gasteiger partial charge in [0, 0.05) is 18.2 Å². The molecule has 1 aliphatic heterocycles. The Labute approximate surface area is 162 Å². The minimum absolute atomic E-state index is 0.149. The van der Waals surface area contributed by atoms with E-state index in [-0.39, 0.29) is 22.9 Å². The Morgan fingerprint density at radius 1 is 1.18 bits per heavy atom. The quantitative estimate of drug-likeness (QED) is 0.635. The lowest BCUT2D eigenvalue weighted by Gasteiger charge is -2.13. The van der Waals surface area contributed by atoms with Crippen LogP contribution in [0.5, 0.6) is 0 Å². The predicted octanol–water partition coefficient (Wildman–Crippen LogP) is 3.40. The molecule has 1 aromatic heterocycles. The normalized spacial score (nSPS) is 16.2. The van der Waals surface area contributed by atoms with Gasteiger partial charge in [-0.1, -0.05) is 16.8 Å². The number of carbonyl (C=O) groups excluding carboxylic acids is 3. The van der Waals surface area contributed by atoms with Gasteiger partial charge in [-0.3, -0.25) is 14.4 Å². The van der Waals surface area contributed by atoms with Crippen molar-refractivity contribution in [2.45, 2.75) is 39.0 Å². The van der Waals surface area contributed by atoms with Crippen LogP contribution in [-0.4, -0.2) is 29.4 Å². The van der Waals surface area contributed by atoms with Gasteiger partial charge in [0.05, 0.1) is 11.1 Å². The predicted molar refractivity (Wildman–Crippen MR) is 102 cm³/mol. The summed E-state index contributed by atoms with van der Waals surface area (Å²) in [4.78, 5) is 38.7. The zero-order valence-electron chi connectivity index (χ0n) is 15.7. The lowest BCUT2D eigenvalue weighted by molar-refractivity contribution is 0.0921. The molecular weight excluding hydrogens is 358 g/mol. The third kappa shape index (κ3) is 3.35. The van der Waals surface area contributed by atoms with E-state index in [2.05, 4.69) is 16.5 Å². The van der Waals surface area contributed by atoms with Crippen LogP contribution in [0, 0.1) is 6.92 Å². The molecule has 0 saturated heterocycles. The summed E-state index contributed by atoms with van der Waals surface area (Å²) in [6.07, 6.45) is 7.77. The van der Waals surface area contributed by atoms with Gasteiger partial charge >= 0.3 is 0 Å². The van der Waals surface area contributed by atoms with Crippen LogP contribution in [0.3, 0.4) is 0 Å². The van der Waals surface area contributed by atoms with Crippen LogP contribution in [-0.2, 0) is 0 Å². The molecule has 0 radical (unpaired) electrons. The SMILES string of the molecule is Cc1cc(N2C(=O)c3ccc(C(=O)NCCC4=CCCCC4)cc3C2=O)no1. The maximum atomic E-state index is 12.7. The molecule has 2 aromatic rings. The van der Waals surface area contributed by atoms with Gasteiger partial charge in [0.25, 0.3) is 17.7 Å². The van der Waals surface area contributed by atoms with E-state index in [4.69, 9.17) is 4.52 Å². The Hall–Kier alpha value is -3.22. The fourth-order valence-corrected chi connectivity index (χ4v) is 3.62. The molecule has 28 heavy (non-hydrogen) atoms. The number of aryl methyl sites for hydroxylation is 1. The molecule has 7 nitrogen and oxygen atoms in total. The molecule has 4 rings (SSSR count). The number of fused-ring (bicyclic) bond motifs is 1. The molecule has 144 valence electrons. The van der Waals surface area contributed by atoms with Crippen LogP contribution in [0.2, 0.25) is 0 Å². The highest BCUT2D eigenvalue weighted by Crippen LogP contribution is 2.28. The summed E-state index contributed by atoms with van der Waals surface area (Å²) < 4.78 is 4.96. The Balaban J connectivity index is 1.46. The minimum Gasteiger partial charge on any atom is -0.360 e. The van der Waals surface area contributed by atoms with Crippen molar-refractivity contribution in [3.05, 3.63) is 58.4 Å². The molecule has 0 saturated carbocycles. The first kappa shape index (κ1) is 18.2. The van der Waals surface area contributed by atoms with Gasteiger partial charge in [0.2, 0.25) is 0 Å². The topological polar surface area (TPSA) is 92.5 Å². The molecule has 0 spiro atoms. The van der Waals surface area contributed by atoms with E-state index < -0.39 is 11.8 Å². The highest BCUT2D eigenvalue weighted by atomic mass is 16.5. The van der Waals surface area contributed by atoms with Gasteiger partial charge < -0.3 is 9.84 Å². The number of carbonyl (C=O) groups is 3. The lowest BCUT2D eigenvalue weighted by atomic mass is 9.97. The van der Waals surface area contributed by atoms with Crippen LogP contribution in [0.4, 0.5) is 5.82 Å². The van der Waals surface area contributed by atoms with Crippen molar-refractivity contribution in [2.24, 2.45) is 0 Å². The van der Waals surface area contributed by atoms with Gasteiger partial charge in [-0.15, -0.1) is 0 Å². The monoisotopic (exact) mass is 379 g/mol. The number of rotatable bonds is 5. The maximum Gasteiger partial charge on any atom is 0.267 e. The van der Waals surface area contributed by atoms with E-state index >= 15 is 0 Å². The average Bonchev–Trinajstić information content (AvgIpc) is 3.23. The number of amides is 3. The van der Waals surface area contributed by atoms with Crippen molar-refractivity contribution >= 4 is 23.5 Å². The van der Waals surface area contributed by atoms with Crippen LogP contribution < -0.4 is 10.2 Å². The summed E-state index contributed by atoms with van der Waals surface area (Å²) in [5.74, 6) is -0.579. The number of anilines is 1. The molecule has 2 aliphatic rings. The second kappa shape index (κ2) is 7.42. The molecule has 0 atom stereocenters. The van der Waals surface area contributed by atoms with Crippen molar-refractivity contribution < 1.29 is 18.9 Å². The maximum absolute atomic E-state index is 12.7. The van der Waals surface area contributed by atoms with E-state index in [9.17, 15) is 14.4 Å². The zero-order chi connectivity index (χ0) is 19.7. The van der Waals surface area contributed by atoms with Crippen LogP contribution >= 0.6 is 0 Å². The summed E-state index contributed by atoms with van der Waals surface area (Å²) >= 11 is 0. The van der Waals surface area contributed by atoms with Crippen LogP contribution in [0.1, 0.15) is 68.9 Å². The molecule has 1 aliphatic carbocycles. The van der Waals surface area contributed by atoms with Crippen molar-refractivity contribution in [3.63, 3.8) is 0 Å². The van der Waals surface area contributed by atoms with E-state index in [1.54, 1.807) is 13.0 Å². The van der Waals surface area contributed by atoms with Crippen molar-refractivity contribution in [1.82, 2.24) is 10.5 Å². The Bertz CT molecular complexity index is 989. The number of hydrogen-bond acceptors (Lipinski definition) is 5. The second-order valence-corrected chi connectivity index (χ2v) is 7.12. The molecule has 1 aromatic carbocycles. The van der Waals surface area contributed by atoms with Gasteiger partial charge in [0.1, 0.15) is 5.76 Å². The van der Waals surface area contributed by atoms with E-state index in [1.807, 2.05) is 0 Å². The average molecular weight is 379 g/mol. The molecule has 2 heterocycles. The first-order chi connectivity index (χ1) is 13.5. The van der Waals surface area contributed by atoms with Gasteiger partial charge in [-0.25, -0.2) is 4.90 Å². The summed E-state index contributed by atoms with van der Waals surface area (Å²) in [5.41, 5.74) is 2.21. The molecule has 0 fully saturated rings. The molecule has 1 N–H and O–H groups in total. The Morgan fingerprint density at radius 2 is 2.00 bits per heavy atom. The standard InChI is InChI=1S/C21H21N3O4/c1-13-11-18(23-28-13)24-20(26)16-8-7-15(12-17(16)21(24)27)19(25)22-10-9-14-5-3-2-4-6-14/h5,7-8,11-12H,2-4,6,9-10H2,1H3,(H,22,25). The number of imide groups is 1. The number of nitrogens with zero attached hydrogens (tertiary/aromatic N) is 2. The number of allylic oxidation sites excluding steroid dienone is 1. The molecule has 3 amide bonds. The van der Waals surface area contributed by atoms with E-state index in [1.165, 1.54) is 36.6 Å². The highest BCUT2D eigenvalue weighted by molar-refractivity contribution is 6.34. The fraction of sp³-hybridized carbons (Fsp3) is 0.333. The Morgan fingerprint density at radius 3 is 2.71 bits per heavy atom. The summed E-state index contributed by atoms with van der Waals surface area (Å²) in [5, 5.41) is 6.64. The number of aromatic nitrogens is 1. The smallest absolute Gasteiger partial charge is 0.267 e. The summed E-state index contributed by atoms with van der Waals surface area (Å²) in [6.45, 7) is 2.24. The van der Waals surface area contributed by atoms with Crippen molar-refractivity contribution in [1.29, 1.82) is 0 Å². The van der Waals surface area contributed by atoms with E-state index in [0.717, 1.165) is 24.2 Å². The van der Waals surface area contributed by atoms with Crippen molar-refractivity contribution in [2.75, 3.05) is 11.4 Å². The molecule has 0 unspecified atom stereocenters. The Kier molecular flexibility index (Phi) is 4.81. The lowest BCUT2D eigenvalue weighted by Crippen LogP contribution is -2.29. The van der Waals surface area contributed by atoms with Gasteiger partial charge in [0.15, 0.2) is 5.82 Å². The number of nitrogens with one attached hydrogen (secondary N) is 1. The van der Waals surface area contributed by atoms with Crippen LogP contribution in [0.15, 0.2) is 40.4 Å².